The predicted octanol–water partition coefficient (Wildman–Crippen LogP) is 4.20. The second-order valence-corrected chi connectivity index (χ2v) is 5.94. The smallest absolute Gasteiger partial charge is 0.258 e. The molecule has 1 amide bonds. The summed E-state index contributed by atoms with van der Waals surface area (Å²) in [6, 6.07) is 12.3. The van der Waals surface area contributed by atoms with E-state index in [0.717, 1.165) is 30.6 Å². The van der Waals surface area contributed by atoms with E-state index in [1.165, 1.54) is 22.3 Å². The van der Waals surface area contributed by atoms with Crippen molar-refractivity contribution >= 4 is 11.6 Å². The summed E-state index contributed by atoms with van der Waals surface area (Å²) in [6.07, 6.45) is 2.10. The monoisotopic (exact) mass is 279 g/mol. The number of para-hydroxylation sites is 1. The van der Waals surface area contributed by atoms with Crippen molar-refractivity contribution in [2.45, 2.75) is 33.6 Å². The highest BCUT2D eigenvalue weighted by Gasteiger charge is 2.25. The molecule has 0 atom stereocenters. The molecule has 1 aliphatic heterocycles. The standard InChI is InChI=1S/C19H21NO/c1-13-9-10-17(12-15(13)3)19(21)20-11-5-8-16-7-4-6-14(2)18(16)20/h4,6-7,9-10,12H,5,8,11H2,1-3H3. The number of benzene rings is 2. The fraction of sp³-hybridized carbons (Fsp3) is 0.316. The normalized spacial score (nSPS) is 14.0. The topological polar surface area (TPSA) is 20.3 Å². The van der Waals surface area contributed by atoms with Gasteiger partial charge in [0.25, 0.3) is 5.91 Å². The van der Waals surface area contributed by atoms with E-state index in [1.807, 2.05) is 23.1 Å². The van der Waals surface area contributed by atoms with Crippen molar-refractivity contribution in [3.8, 4) is 0 Å². The van der Waals surface area contributed by atoms with Gasteiger partial charge in [-0.2, -0.15) is 0 Å². The van der Waals surface area contributed by atoms with Crippen LogP contribution in [0.1, 0.15) is 39.0 Å². The van der Waals surface area contributed by atoms with Crippen LogP contribution in [0, 0.1) is 20.8 Å². The molecule has 1 aliphatic rings. The van der Waals surface area contributed by atoms with Crippen molar-refractivity contribution < 1.29 is 4.79 Å². The first-order chi connectivity index (χ1) is 10.1. The number of amides is 1. The molecule has 0 N–H and O–H groups in total. The Bertz CT molecular complexity index is 703. The quantitative estimate of drug-likeness (QED) is 0.766. The Morgan fingerprint density at radius 1 is 1.00 bits per heavy atom. The van der Waals surface area contributed by atoms with Gasteiger partial charge in [0, 0.05) is 12.1 Å². The van der Waals surface area contributed by atoms with E-state index in [4.69, 9.17) is 0 Å². The van der Waals surface area contributed by atoms with Crippen molar-refractivity contribution in [1.29, 1.82) is 0 Å². The van der Waals surface area contributed by atoms with Gasteiger partial charge in [0.05, 0.1) is 5.69 Å². The highest BCUT2D eigenvalue weighted by atomic mass is 16.2. The van der Waals surface area contributed by atoms with E-state index in [-0.39, 0.29) is 5.91 Å². The van der Waals surface area contributed by atoms with E-state index in [0.29, 0.717) is 0 Å². The molecule has 0 aromatic heterocycles. The lowest BCUT2D eigenvalue weighted by atomic mass is 9.97. The summed E-state index contributed by atoms with van der Waals surface area (Å²) in [5, 5.41) is 0. The molecule has 1 heterocycles. The molecule has 2 aromatic rings. The van der Waals surface area contributed by atoms with Crippen LogP contribution in [0.2, 0.25) is 0 Å². The fourth-order valence-electron chi connectivity index (χ4n) is 3.08. The van der Waals surface area contributed by atoms with Gasteiger partial charge >= 0.3 is 0 Å². The van der Waals surface area contributed by atoms with Crippen LogP contribution in [0.15, 0.2) is 36.4 Å². The number of anilines is 1. The zero-order valence-electron chi connectivity index (χ0n) is 12.9. The lowest BCUT2D eigenvalue weighted by Crippen LogP contribution is -2.36. The van der Waals surface area contributed by atoms with E-state index in [9.17, 15) is 4.79 Å². The van der Waals surface area contributed by atoms with Gasteiger partial charge in [-0.1, -0.05) is 24.3 Å². The van der Waals surface area contributed by atoms with Crippen LogP contribution in [0.4, 0.5) is 5.69 Å². The van der Waals surface area contributed by atoms with Crippen LogP contribution in [0.3, 0.4) is 0 Å². The van der Waals surface area contributed by atoms with Crippen LogP contribution in [-0.4, -0.2) is 12.5 Å². The highest BCUT2D eigenvalue weighted by molar-refractivity contribution is 6.07. The first kappa shape index (κ1) is 13.9. The Kier molecular flexibility index (Phi) is 3.54. The number of rotatable bonds is 1. The molecular weight excluding hydrogens is 258 g/mol. The highest BCUT2D eigenvalue weighted by Crippen LogP contribution is 2.31. The summed E-state index contributed by atoms with van der Waals surface area (Å²) in [5.41, 5.74) is 6.77. The molecule has 0 unspecified atom stereocenters. The lowest BCUT2D eigenvalue weighted by Gasteiger charge is -2.31. The summed E-state index contributed by atoms with van der Waals surface area (Å²) in [6.45, 7) is 7.03. The third-order valence-corrected chi connectivity index (χ3v) is 4.42. The minimum atomic E-state index is 0.119. The summed E-state index contributed by atoms with van der Waals surface area (Å²) in [5.74, 6) is 0.119. The fourth-order valence-corrected chi connectivity index (χ4v) is 3.08. The van der Waals surface area contributed by atoms with Gasteiger partial charge in [-0.25, -0.2) is 0 Å². The van der Waals surface area contributed by atoms with Crippen molar-refractivity contribution in [2.24, 2.45) is 0 Å². The molecule has 2 heteroatoms. The predicted molar refractivity (Wildman–Crippen MR) is 87.1 cm³/mol. The van der Waals surface area contributed by atoms with Gasteiger partial charge in [-0.15, -0.1) is 0 Å². The first-order valence-corrected chi connectivity index (χ1v) is 7.55. The van der Waals surface area contributed by atoms with Crippen LogP contribution in [0.25, 0.3) is 0 Å². The summed E-state index contributed by atoms with van der Waals surface area (Å²) >= 11 is 0. The minimum Gasteiger partial charge on any atom is -0.308 e. The van der Waals surface area contributed by atoms with Crippen LogP contribution in [0.5, 0.6) is 0 Å². The Morgan fingerprint density at radius 3 is 2.57 bits per heavy atom. The second-order valence-electron chi connectivity index (χ2n) is 5.94. The zero-order chi connectivity index (χ0) is 15.0. The van der Waals surface area contributed by atoms with Gasteiger partial charge in [0.2, 0.25) is 0 Å². The zero-order valence-corrected chi connectivity index (χ0v) is 12.9. The van der Waals surface area contributed by atoms with Crippen LogP contribution >= 0.6 is 0 Å². The van der Waals surface area contributed by atoms with Crippen molar-refractivity contribution in [1.82, 2.24) is 0 Å². The molecule has 0 bridgehead atoms. The molecule has 108 valence electrons. The first-order valence-electron chi connectivity index (χ1n) is 7.55. The average Bonchev–Trinajstić information content (AvgIpc) is 2.49. The van der Waals surface area contributed by atoms with Crippen LogP contribution in [-0.2, 0) is 6.42 Å². The number of hydrogen-bond donors (Lipinski definition) is 0. The number of carbonyl (C=O) groups is 1. The molecule has 0 radical (unpaired) electrons. The minimum absolute atomic E-state index is 0.119. The SMILES string of the molecule is Cc1ccc(C(=O)N2CCCc3cccc(C)c32)cc1C. The number of carbonyl (C=O) groups excluding carboxylic acids is 1. The molecular formula is C19H21NO. The lowest BCUT2D eigenvalue weighted by molar-refractivity contribution is 0.0985. The Balaban J connectivity index is 2.02. The van der Waals surface area contributed by atoms with Gasteiger partial charge in [-0.05, 0) is 68.0 Å². The largest absolute Gasteiger partial charge is 0.308 e. The van der Waals surface area contributed by atoms with E-state index < -0.39 is 0 Å². The Morgan fingerprint density at radius 2 is 1.81 bits per heavy atom. The van der Waals surface area contributed by atoms with Crippen molar-refractivity contribution in [3.63, 3.8) is 0 Å². The number of hydrogen-bond acceptors (Lipinski definition) is 1. The molecule has 0 aliphatic carbocycles. The average molecular weight is 279 g/mol. The molecule has 2 aromatic carbocycles. The number of aryl methyl sites for hydroxylation is 4. The maximum Gasteiger partial charge on any atom is 0.258 e. The molecule has 0 saturated carbocycles. The third kappa shape index (κ3) is 2.46. The maximum absolute atomic E-state index is 12.9. The van der Waals surface area contributed by atoms with Gasteiger partial charge < -0.3 is 4.90 Å². The third-order valence-electron chi connectivity index (χ3n) is 4.42. The molecule has 0 fully saturated rings. The summed E-state index contributed by atoms with van der Waals surface area (Å²) in [7, 11) is 0. The number of nitrogens with zero attached hydrogens (tertiary/aromatic N) is 1. The van der Waals surface area contributed by atoms with Crippen molar-refractivity contribution in [3.05, 3.63) is 64.2 Å². The van der Waals surface area contributed by atoms with E-state index in [2.05, 4.69) is 39.0 Å². The molecule has 21 heavy (non-hydrogen) atoms. The van der Waals surface area contributed by atoms with E-state index in [1.54, 1.807) is 0 Å². The second kappa shape index (κ2) is 5.36. The molecule has 3 rings (SSSR count). The molecule has 0 spiro atoms. The van der Waals surface area contributed by atoms with Gasteiger partial charge in [-0.3, -0.25) is 4.79 Å². The van der Waals surface area contributed by atoms with E-state index >= 15 is 0 Å². The van der Waals surface area contributed by atoms with Crippen molar-refractivity contribution in [2.75, 3.05) is 11.4 Å². The Labute approximate surface area is 126 Å². The van der Waals surface area contributed by atoms with Gasteiger partial charge in [0.15, 0.2) is 0 Å². The van der Waals surface area contributed by atoms with Crippen LogP contribution < -0.4 is 4.90 Å². The Hall–Kier alpha value is -2.09. The number of fused-ring (bicyclic) bond motifs is 1. The summed E-state index contributed by atoms with van der Waals surface area (Å²) in [4.78, 5) is 14.9. The maximum atomic E-state index is 12.9. The van der Waals surface area contributed by atoms with Gasteiger partial charge in [0.1, 0.15) is 0 Å². The summed E-state index contributed by atoms with van der Waals surface area (Å²) < 4.78 is 0. The molecule has 2 nitrogen and oxygen atoms in total. The molecule has 0 saturated heterocycles.